The molecule has 1 aliphatic carbocycles. The van der Waals surface area contributed by atoms with Crippen molar-refractivity contribution in [3.63, 3.8) is 0 Å². The van der Waals surface area contributed by atoms with Crippen LogP contribution in [0.2, 0.25) is 0 Å². The predicted octanol–water partition coefficient (Wildman–Crippen LogP) is 6.68. The van der Waals surface area contributed by atoms with E-state index in [1.54, 1.807) is 6.07 Å². The van der Waals surface area contributed by atoms with Gasteiger partial charge in [0.25, 0.3) is 5.69 Å². The third-order valence-corrected chi connectivity index (χ3v) is 5.07. The third kappa shape index (κ3) is 9.12. The molecule has 0 aromatic heterocycles. The van der Waals surface area contributed by atoms with Gasteiger partial charge < -0.3 is 9.47 Å². The Balaban J connectivity index is 1.63. The van der Waals surface area contributed by atoms with Crippen LogP contribution in [0.25, 0.3) is 0 Å². The summed E-state index contributed by atoms with van der Waals surface area (Å²) in [6.07, 6.45) is 15.1. The molecule has 5 heteroatoms. The number of nitrogens with zero attached hydrogens (tertiary/aromatic N) is 1. The van der Waals surface area contributed by atoms with E-state index in [0.717, 1.165) is 12.8 Å². The second-order valence-electron chi connectivity index (χ2n) is 7.67. The van der Waals surface area contributed by atoms with Crippen LogP contribution in [0.3, 0.4) is 0 Å². The molecule has 1 fully saturated rings. The molecule has 1 aromatic rings. The number of benzene rings is 1. The molecule has 0 aliphatic heterocycles. The molecule has 2 rings (SSSR count). The molecule has 0 unspecified atom stereocenters. The highest BCUT2D eigenvalue weighted by molar-refractivity contribution is 5.48. The van der Waals surface area contributed by atoms with Crippen LogP contribution in [0.1, 0.15) is 84.0 Å². The zero-order valence-corrected chi connectivity index (χ0v) is 16.8. The third-order valence-electron chi connectivity index (χ3n) is 5.07. The Morgan fingerprint density at radius 1 is 0.926 bits per heavy atom. The summed E-state index contributed by atoms with van der Waals surface area (Å²) in [6.45, 7) is 3.50. The van der Waals surface area contributed by atoms with Crippen LogP contribution < -0.4 is 9.47 Å². The lowest BCUT2D eigenvalue weighted by Gasteiger charge is -2.12. The SMILES string of the molecule is CCCCCCCCCCCCOc1cc([N+](=O)[O-])ccc1OCC1CC1. The lowest BCUT2D eigenvalue weighted by atomic mass is 10.1. The summed E-state index contributed by atoms with van der Waals surface area (Å²) in [5, 5.41) is 11.0. The fourth-order valence-electron chi connectivity index (χ4n) is 3.11. The molecule has 0 radical (unpaired) electrons. The Bertz CT molecular complexity index is 557. The van der Waals surface area contributed by atoms with Crippen molar-refractivity contribution < 1.29 is 14.4 Å². The summed E-state index contributed by atoms with van der Waals surface area (Å²) in [5.74, 6) is 1.76. The number of rotatable bonds is 16. The van der Waals surface area contributed by atoms with Gasteiger partial charge in [0, 0.05) is 6.07 Å². The Labute approximate surface area is 163 Å². The minimum atomic E-state index is -0.391. The molecule has 0 atom stereocenters. The molecule has 0 heterocycles. The monoisotopic (exact) mass is 377 g/mol. The van der Waals surface area contributed by atoms with Crippen molar-refractivity contribution >= 4 is 5.69 Å². The highest BCUT2D eigenvalue weighted by Crippen LogP contribution is 2.35. The van der Waals surface area contributed by atoms with Crippen molar-refractivity contribution in [2.75, 3.05) is 13.2 Å². The number of unbranched alkanes of at least 4 members (excludes halogenated alkanes) is 9. The molecule has 0 bridgehead atoms. The summed E-state index contributed by atoms with van der Waals surface area (Å²) in [5.41, 5.74) is 0.0480. The summed E-state index contributed by atoms with van der Waals surface area (Å²) in [4.78, 5) is 10.6. The van der Waals surface area contributed by atoms with Crippen LogP contribution >= 0.6 is 0 Å². The zero-order valence-electron chi connectivity index (χ0n) is 16.8. The normalized spacial score (nSPS) is 13.5. The minimum Gasteiger partial charge on any atom is -0.489 e. The number of hydrogen-bond acceptors (Lipinski definition) is 4. The van der Waals surface area contributed by atoms with Gasteiger partial charge in [0.05, 0.1) is 24.2 Å². The quantitative estimate of drug-likeness (QED) is 0.183. The lowest BCUT2D eigenvalue weighted by Crippen LogP contribution is -2.04. The van der Waals surface area contributed by atoms with E-state index in [1.165, 1.54) is 76.3 Å². The Hall–Kier alpha value is -1.78. The Morgan fingerprint density at radius 2 is 1.56 bits per heavy atom. The standard InChI is InChI=1S/C22H35NO4/c1-2-3-4-5-6-7-8-9-10-11-16-26-22-17-20(23(24)25)14-15-21(22)27-18-19-12-13-19/h14-15,17,19H,2-13,16,18H2,1H3. The first-order valence-electron chi connectivity index (χ1n) is 10.7. The van der Waals surface area contributed by atoms with Gasteiger partial charge in [0.1, 0.15) is 0 Å². The maximum Gasteiger partial charge on any atom is 0.273 e. The summed E-state index contributed by atoms with van der Waals surface area (Å²) in [6, 6.07) is 4.63. The molecule has 152 valence electrons. The van der Waals surface area contributed by atoms with E-state index in [4.69, 9.17) is 9.47 Å². The number of nitro benzene ring substituents is 1. The van der Waals surface area contributed by atoms with Crippen molar-refractivity contribution in [2.24, 2.45) is 5.92 Å². The zero-order chi connectivity index (χ0) is 19.3. The maximum atomic E-state index is 11.0. The smallest absolute Gasteiger partial charge is 0.273 e. The van der Waals surface area contributed by atoms with Gasteiger partial charge in [-0.2, -0.15) is 0 Å². The highest BCUT2D eigenvalue weighted by atomic mass is 16.6. The number of ether oxygens (including phenoxy) is 2. The lowest BCUT2D eigenvalue weighted by molar-refractivity contribution is -0.385. The van der Waals surface area contributed by atoms with E-state index in [0.29, 0.717) is 30.6 Å². The van der Waals surface area contributed by atoms with E-state index >= 15 is 0 Å². The topological polar surface area (TPSA) is 61.6 Å². The fourth-order valence-corrected chi connectivity index (χ4v) is 3.11. The van der Waals surface area contributed by atoms with Crippen molar-refractivity contribution in [3.05, 3.63) is 28.3 Å². The van der Waals surface area contributed by atoms with Gasteiger partial charge in [-0.3, -0.25) is 10.1 Å². The van der Waals surface area contributed by atoms with Crippen molar-refractivity contribution in [2.45, 2.75) is 84.0 Å². The molecule has 27 heavy (non-hydrogen) atoms. The van der Waals surface area contributed by atoms with Crippen molar-refractivity contribution in [3.8, 4) is 11.5 Å². The van der Waals surface area contributed by atoms with Gasteiger partial charge in [0.15, 0.2) is 11.5 Å². The number of non-ortho nitro benzene ring substituents is 1. The van der Waals surface area contributed by atoms with E-state index in [1.807, 2.05) is 0 Å². The van der Waals surface area contributed by atoms with Gasteiger partial charge in [-0.05, 0) is 31.2 Å². The predicted molar refractivity (Wildman–Crippen MR) is 109 cm³/mol. The van der Waals surface area contributed by atoms with Crippen molar-refractivity contribution in [1.82, 2.24) is 0 Å². The molecule has 0 spiro atoms. The van der Waals surface area contributed by atoms with Gasteiger partial charge in [-0.1, -0.05) is 64.7 Å². The average Bonchev–Trinajstić information content (AvgIpc) is 3.49. The second-order valence-corrected chi connectivity index (χ2v) is 7.67. The molecular weight excluding hydrogens is 342 g/mol. The molecule has 0 amide bonds. The summed E-state index contributed by atoms with van der Waals surface area (Å²) >= 11 is 0. The first-order valence-corrected chi connectivity index (χ1v) is 10.7. The van der Waals surface area contributed by atoms with Crippen molar-refractivity contribution in [1.29, 1.82) is 0 Å². The number of hydrogen-bond donors (Lipinski definition) is 0. The van der Waals surface area contributed by atoms with E-state index in [2.05, 4.69) is 6.92 Å². The van der Waals surface area contributed by atoms with Crippen LogP contribution in [-0.4, -0.2) is 18.1 Å². The minimum absolute atomic E-state index is 0.0480. The van der Waals surface area contributed by atoms with Gasteiger partial charge in [-0.15, -0.1) is 0 Å². The van der Waals surface area contributed by atoms with Crippen LogP contribution in [0, 0.1) is 16.0 Å². The summed E-state index contributed by atoms with van der Waals surface area (Å²) < 4.78 is 11.6. The summed E-state index contributed by atoms with van der Waals surface area (Å²) in [7, 11) is 0. The average molecular weight is 378 g/mol. The molecule has 1 saturated carbocycles. The van der Waals surface area contributed by atoms with Crippen LogP contribution in [0.5, 0.6) is 11.5 Å². The molecular formula is C22H35NO4. The Morgan fingerprint density at radius 3 is 2.15 bits per heavy atom. The Kier molecular flexibility index (Phi) is 10.0. The molecule has 1 aromatic carbocycles. The molecule has 1 aliphatic rings. The van der Waals surface area contributed by atoms with Gasteiger partial charge >= 0.3 is 0 Å². The van der Waals surface area contributed by atoms with Crippen LogP contribution in [-0.2, 0) is 0 Å². The van der Waals surface area contributed by atoms with Crippen LogP contribution in [0.15, 0.2) is 18.2 Å². The first kappa shape index (κ1) is 21.5. The fraction of sp³-hybridized carbons (Fsp3) is 0.727. The van der Waals surface area contributed by atoms with E-state index < -0.39 is 4.92 Å². The number of nitro groups is 1. The van der Waals surface area contributed by atoms with E-state index in [-0.39, 0.29) is 5.69 Å². The largest absolute Gasteiger partial charge is 0.489 e. The second kappa shape index (κ2) is 12.6. The van der Waals surface area contributed by atoms with E-state index in [9.17, 15) is 10.1 Å². The first-order chi connectivity index (χ1) is 13.2. The molecule has 0 N–H and O–H groups in total. The molecule has 5 nitrogen and oxygen atoms in total. The maximum absolute atomic E-state index is 11.0. The van der Waals surface area contributed by atoms with Gasteiger partial charge in [0.2, 0.25) is 0 Å². The van der Waals surface area contributed by atoms with Gasteiger partial charge in [-0.25, -0.2) is 0 Å². The molecule has 0 saturated heterocycles. The highest BCUT2D eigenvalue weighted by Gasteiger charge is 2.23. The van der Waals surface area contributed by atoms with Crippen LogP contribution in [0.4, 0.5) is 5.69 Å².